The molecule has 1 aliphatic carbocycles. The lowest BCUT2D eigenvalue weighted by molar-refractivity contribution is 0.138. The minimum atomic E-state index is -3.71. The summed E-state index contributed by atoms with van der Waals surface area (Å²) in [7, 11) is -2.17. The molecule has 0 amide bonds. The van der Waals surface area contributed by atoms with Crippen molar-refractivity contribution in [1.29, 1.82) is 0 Å². The predicted octanol–water partition coefficient (Wildman–Crippen LogP) is 1.59. The first-order chi connectivity index (χ1) is 13.4. The number of rotatable bonds is 5. The number of oxazole rings is 1. The maximum Gasteiger partial charge on any atom is 0.419 e. The number of benzene rings is 1. The average Bonchev–Trinajstić information content (AvgIpc) is 2.97. The maximum atomic E-state index is 12.8. The third kappa shape index (κ3) is 3.78. The van der Waals surface area contributed by atoms with Crippen LogP contribution in [-0.4, -0.2) is 35.1 Å². The molecule has 0 radical (unpaired) electrons. The summed E-state index contributed by atoms with van der Waals surface area (Å²) in [5.74, 6) is -0.0514. The molecule has 9 nitrogen and oxygen atoms in total. The van der Waals surface area contributed by atoms with Gasteiger partial charge in [0, 0.05) is 25.5 Å². The Balaban J connectivity index is 1.41. The Labute approximate surface area is 161 Å². The summed E-state index contributed by atoms with van der Waals surface area (Å²) in [6.45, 7) is 0. The number of sulfonamides is 1. The lowest BCUT2D eigenvalue weighted by atomic mass is 9.94. The highest BCUT2D eigenvalue weighted by Gasteiger charge is 2.27. The third-order valence-corrected chi connectivity index (χ3v) is 6.41. The zero-order valence-electron chi connectivity index (χ0n) is 15.2. The van der Waals surface area contributed by atoms with Crippen molar-refractivity contribution in [2.75, 3.05) is 0 Å². The molecular weight excluding hydrogens is 384 g/mol. The van der Waals surface area contributed by atoms with E-state index >= 15 is 0 Å². The molecule has 3 aromatic rings. The van der Waals surface area contributed by atoms with Crippen molar-refractivity contribution in [3.63, 3.8) is 0 Å². The van der Waals surface area contributed by atoms with Crippen molar-refractivity contribution in [3.8, 4) is 5.88 Å². The van der Waals surface area contributed by atoms with Crippen LogP contribution < -0.4 is 15.2 Å². The smallest absolute Gasteiger partial charge is 0.419 e. The minimum Gasteiger partial charge on any atom is -0.473 e. The van der Waals surface area contributed by atoms with E-state index in [0.717, 1.165) is 12.8 Å². The van der Waals surface area contributed by atoms with Crippen LogP contribution in [0.3, 0.4) is 0 Å². The third-order valence-electron chi connectivity index (χ3n) is 4.90. The van der Waals surface area contributed by atoms with Crippen LogP contribution in [0.15, 0.2) is 50.9 Å². The van der Waals surface area contributed by atoms with E-state index < -0.39 is 15.8 Å². The summed E-state index contributed by atoms with van der Waals surface area (Å²) in [5, 5.41) is 0. The molecule has 10 heteroatoms. The molecular formula is C18H20N4O5S. The van der Waals surface area contributed by atoms with Gasteiger partial charge in [0.05, 0.1) is 16.6 Å². The zero-order chi connectivity index (χ0) is 19.7. The molecule has 0 bridgehead atoms. The summed E-state index contributed by atoms with van der Waals surface area (Å²) in [4.78, 5) is 19.8. The number of aromatic nitrogens is 3. The second kappa shape index (κ2) is 7.36. The van der Waals surface area contributed by atoms with Gasteiger partial charge < -0.3 is 9.15 Å². The van der Waals surface area contributed by atoms with Crippen molar-refractivity contribution < 1.29 is 17.6 Å². The lowest BCUT2D eigenvalue weighted by Crippen LogP contribution is -2.39. The summed E-state index contributed by atoms with van der Waals surface area (Å²) >= 11 is 0. The quantitative estimate of drug-likeness (QED) is 0.686. The first-order valence-electron chi connectivity index (χ1n) is 8.97. The molecule has 0 aliphatic heterocycles. The summed E-state index contributed by atoms with van der Waals surface area (Å²) in [6.07, 6.45) is 7.48. The first-order valence-corrected chi connectivity index (χ1v) is 10.5. The fraction of sp³-hybridized carbons (Fsp3) is 0.389. The van der Waals surface area contributed by atoms with Crippen LogP contribution in [0.2, 0.25) is 0 Å². The zero-order valence-corrected chi connectivity index (χ0v) is 16.1. The number of nitrogens with zero attached hydrogens (tertiary/aromatic N) is 3. The molecule has 28 heavy (non-hydrogen) atoms. The normalized spacial score (nSPS) is 20.3. The standard InChI is InChI=1S/C18H20N4O5S/c1-22-15-10-14(6-7-16(15)27-18(22)23)28(24,25)21-12-2-4-13(5-3-12)26-17-11-19-8-9-20-17/h6-13,21H,2-5H2,1H3. The molecule has 1 aliphatic rings. The average molecular weight is 404 g/mol. The van der Waals surface area contributed by atoms with Crippen LogP contribution in [-0.2, 0) is 17.1 Å². The van der Waals surface area contributed by atoms with E-state index in [-0.39, 0.29) is 17.0 Å². The van der Waals surface area contributed by atoms with Crippen LogP contribution in [0.25, 0.3) is 11.1 Å². The molecule has 2 heterocycles. The highest BCUT2D eigenvalue weighted by atomic mass is 32.2. The molecule has 0 unspecified atom stereocenters. The van der Waals surface area contributed by atoms with E-state index in [9.17, 15) is 13.2 Å². The first kappa shape index (κ1) is 18.6. The molecule has 1 fully saturated rings. The van der Waals surface area contributed by atoms with Gasteiger partial charge in [0.25, 0.3) is 0 Å². The Kier molecular flexibility index (Phi) is 4.90. The Bertz CT molecular complexity index is 1130. The van der Waals surface area contributed by atoms with E-state index in [1.807, 2.05) is 0 Å². The van der Waals surface area contributed by atoms with Crippen LogP contribution in [0.4, 0.5) is 0 Å². The maximum absolute atomic E-state index is 12.8. The second-order valence-electron chi connectivity index (χ2n) is 6.81. The van der Waals surface area contributed by atoms with Crippen molar-refractivity contribution in [2.45, 2.75) is 42.7 Å². The van der Waals surface area contributed by atoms with Crippen LogP contribution in [0.5, 0.6) is 5.88 Å². The number of hydrogen-bond donors (Lipinski definition) is 1. The van der Waals surface area contributed by atoms with Gasteiger partial charge in [-0.3, -0.25) is 9.55 Å². The van der Waals surface area contributed by atoms with Gasteiger partial charge in [0.2, 0.25) is 15.9 Å². The summed E-state index contributed by atoms with van der Waals surface area (Å²) in [5.41, 5.74) is 0.794. The molecule has 0 spiro atoms. The van der Waals surface area contributed by atoms with E-state index in [0.29, 0.717) is 29.8 Å². The predicted molar refractivity (Wildman–Crippen MR) is 100 cm³/mol. The number of nitrogens with one attached hydrogen (secondary N) is 1. The van der Waals surface area contributed by atoms with Gasteiger partial charge in [-0.05, 0) is 43.9 Å². The summed E-state index contributed by atoms with van der Waals surface area (Å²) < 4.78 is 40.4. The van der Waals surface area contributed by atoms with Gasteiger partial charge in [-0.25, -0.2) is 22.9 Å². The number of aryl methyl sites for hydroxylation is 1. The lowest BCUT2D eigenvalue weighted by Gasteiger charge is -2.28. The van der Waals surface area contributed by atoms with Crippen LogP contribution in [0, 0.1) is 0 Å². The van der Waals surface area contributed by atoms with E-state index in [4.69, 9.17) is 9.15 Å². The Morgan fingerprint density at radius 1 is 1.21 bits per heavy atom. The van der Waals surface area contributed by atoms with Crippen molar-refractivity contribution in [3.05, 3.63) is 47.3 Å². The van der Waals surface area contributed by atoms with E-state index in [1.165, 1.54) is 29.8 Å². The molecule has 0 saturated heterocycles. The van der Waals surface area contributed by atoms with Gasteiger partial charge in [-0.1, -0.05) is 0 Å². The molecule has 4 rings (SSSR count). The molecule has 148 valence electrons. The van der Waals surface area contributed by atoms with E-state index in [1.54, 1.807) is 18.6 Å². The molecule has 1 aromatic carbocycles. The highest BCUT2D eigenvalue weighted by molar-refractivity contribution is 7.89. The number of ether oxygens (including phenoxy) is 1. The molecule has 2 aromatic heterocycles. The van der Waals surface area contributed by atoms with Crippen molar-refractivity contribution in [2.24, 2.45) is 7.05 Å². The Morgan fingerprint density at radius 2 is 2.00 bits per heavy atom. The second-order valence-corrected chi connectivity index (χ2v) is 8.53. The Hall–Kier alpha value is -2.72. The monoisotopic (exact) mass is 404 g/mol. The van der Waals surface area contributed by atoms with Gasteiger partial charge in [-0.15, -0.1) is 0 Å². The number of hydrogen-bond acceptors (Lipinski definition) is 7. The molecule has 1 N–H and O–H groups in total. The van der Waals surface area contributed by atoms with Crippen molar-refractivity contribution >= 4 is 21.1 Å². The van der Waals surface area contributed by atoms with E-state index in [2.05, 4.69) is 14.7 Å². The van der Waals surface area contributed by atoms with Crippen LogP contribution >= 0.6 is 0 Å². The summed E-state index contributed by atoms with van der Waals surface area (Å²) in [6, 6.07) is 4.22. The number of fused-ring (bicyclic) bond motifs is 1. The minimum absolute atomic E-state index is 0.00532. The molecule has 0 atom stereocenters. The SMILES string of the molecule is Cn1c(=O)oc2ccc(S(=O)(=O)NC3CCC(Oc4cnccn4)CC3)cc21. The van der Waals surface area contributed by atoms with Gasteiger partial charge >= 0.3 is 5.76 Å². The van der Waals surface area contributed by atoms with Gasteiger partial charge in [0.1, 0.15) is 6.10 Å². The Morgan fingerprint density at radius 3 is 2.71 bits per heavy atom. The van der Waals surface area contributed by atoms with Crippen LogP contribution in [0.1, 0.15) is 25.7 Å². The fourth-order valence-electron chi connectivity index (χ4n) is 3.38. The fourth-order valence-corrected chi connectivity index (χ4v) is 4.70. The highest BCUT2D eigenvalue weighted by Crippen LogP contribution is 2.24. The van der Waals surface area contributed by atoms with Crippen molar-refractivity contribution in [1.82, 2.24) is 19.3 Å². The van der Waals surface area contributed by atoms with Gasteiger partial charge in [0.15, 0.2) is 5.58 Å². The largest absolute Gasteiger partial charge is 0.473 e. The topological polar surface area (TPSA) is 116 Å². The van der Waals surface area contributed by atoms with Gasteiger partial charge in [-0.2, -0.15) is 0 Å². The molecule has 1 saturated carbocycles.